The third-order valence-corrected chi connectivity index (χ3v) is 1.52. The monoisotopic (exact) mass is 204 g/mol. The van der Waals surface area contributed by atoms with Crippen LogP contribution in [-0.4, -0.2) is 4.98 Å². The highest BCUT2D eigenvalue weighted by Crippen LogP contribution is 2.25. The molecule has 6 heteroatoms. The maximum absolute atomic E-state index is 12.8. The molecule has 1 heterocycles. The van der Waals surface area contributed by atoms with Crippen LogP contribution in [0, 0.1) is 23.1 Å². The Morgan fingerprint density at radius 3 is 2.57 bits per heavy atom. The van der Waals surface area contributed by atoms with Crippen molar-refractivity contribution >= 4 is 0 Å². The highest BCUT2D eigenvalue weighted by molar-refractivity contribution is 5.25. The molecule has 0 unspecified atom stereocenters. The average Bonchev–Trinajstić information content (AvgIpc) is 2.01. The number of nitriles is 1. The van der Waals surface area contributed by atoms with E-state index in [1.807, 2.05) is 0 Å². The van der Waals surface area contributed by atoms with Crippen LogP contribution in [0.1, 0.15) is 17.7 Å². The summed E-state index contributed by atoms with van der Waals surface area (Å²) in [4.78, 5) is 3.04. The summed E-state index contributed by atoms with van der Waals surface area (Å²) < 4.78 is 49.8. The number of pyridine rings is 1. The zero-order chi connectivity index (χ0) is 10.7. The summed E-state index contributed by atoms with van der Waals surface area (Å²) in [6.45, 7) is 0. The van der Waals surface area contributed by atoms with E-state index in [2.05, 4.69) is 4.98 Å². The van der Waals surface area contributed by atoms with Crippen LogP contribution in [0.5, 0.6) is 0 Å². The molecular weight excluding hydrogens is 200 g/mol. The highest BCUT2D eigenvalue weighted by atomic mass is 19.3. The number of nitrogens with zero attached hydrogens (tertiary/aromatic N) is 2. The molecule has 74 valence electrons. The van der Waals surface area contributed by atoms with Gasteiger partial charge in [-0.1, -0.05) is 0 Å². The van der Waals surface area contributed by atoms with Gasteiger partial charge in [0.2, 0.25) is 5.95 Å². The lowest BCUT2D eigenvalue weighted by Gasteiger charge is -2.05. The zero-order valence-electron chi connectivity index (χ0n) is 6.77. The summed E-state index contributed by atoms with van der Waals surface area (Å²) in [6, 6.07) is 1.77. The molecule has 0 N–H and O–H groups in total. The Labute approximate surface area is 76.8 Å². The molecule has 0 saturated carbocycles. The first-order valence-electron chi connectivity index (χ1n) is 3.56. The van der Waals surface area contributed by atoms with E-state index in [9.17, 15) is 17.6 Å². The standard InChI is InChI=1S/C8H4F4N2/c9-4-3-6(10)14-5(1-2-13)7(4)8(11)12/h3,8H,1H2. The van der Waals surface area contributed by atoms with E-state index < -0.39 is 35.9 Å². The smallest absolute Gasteiger partial charge is 0.223 e. The molecule has 0 aliphatic carbocycles. The molecule has 0 atom stereocenters. The Morgan fingerprint density at radius 2 is 2.07 bits per heavy atom. The first-order chi connectivity index (χ1) is 6.56. The van der Waals surface area contributed by atoms with Crippen molar-refractivity contribution in [3.05, 3.63) is 29.1 Å². The first-order valence-corrected chi connectivity index (χ1v) is 3.56. The maximum Gasteiger partial charge on any atom is 0.268 e. The summed E-state index contributed by atoms with van der Waals surface area (Å²) in [7, 11) is 0. The van der Waals surface area contributed by atoms with E-state index in [1.54, 1.807) is 0 Å². The van der Waals surface area contributed by atoms with Crippen molar-refractivity contribution in [2.75, 3.05) is 0 Å². The van der Waals surface area contributed by atoms with Crippen LogP contribution in [0.15, 0.2) is 6.07 Å². The fraction of sp³-hybridized carbons (Fsp3) is 0.250. The van der Waals surface area contributed by atoms with Gasteiger partial charge >= 0.3 is 0 Å². The third kappa shape index (κ3) is 1.99. The average molecular weight is 204 g/mol. The highest BCUT2D eigenvalue weighted by Gasteiger charge is 2.20. The van der Waals surface area contributed by atoms with Crippen molar-refractivity contribution in [2.24, 2.45) is 0 Å². The first kappa shape index (κ1) is 10.4. The SMILES string of the molecule is N#CCc1nc(F)cc(F)c1C(F)F. The number of rotatable bonds is 2. The van der Waals surface area contributed by atoms with E-state index >= 15 is 0 Å². The molecule has 0 saturated heterocycles. The maximum atomic E-state index is 12.8. The van der Waals surface area contributed by atoms with Crippen molar-refractivity contribution in [1.82, 2.24) is 4.98 Å². The van der Waals surface area contributed by atoms with Gasteiger partial charge in [0, 0.05) is 6.07 Å². The molecule has 2 nitrogen and oxygen atoms in total. The molecule has 1 aromatic rings. The van der Waals surface area contributed by atoms with Crippen molar-refractivity contribution < 1.29 is 17.6 Å². The summed E-state index contributed by atoms with van der Waals surface area (Å²) in [5, 5.41) is 8.23. The largest absolute Gasteiger partial charge is 0.268 e. The second-order valence-electron chi connectivity index (χ2n) is 2.42. The van der Waals surface area contributed by atoms with Gasteiger partial charge in [0.25, 0.3) is 6.43 Å². The van der Waals surface area contributed by atoms with Gasteiger partial charge in [-0.3, -0.25) is 0 Å². The van der Waals surface area contributed by atoms with Crippen LogP contribution in [0.25, 0.3) is 0 Å². The Hall–Kier alpha value is -1.64. The lowest BCUT2D eigenvalue weighted by Crippen LogP contribution is -2.03. The Balaban J connectivity index is 3.30. The van der Waals surface area contributed by atoms with Crippen LogP contribution in [0.2, 0.25) is 0 Å². The minimum atomic E-state index is -3.11. The normalized spacial score (nSPS) is 10.3. The van der Waals surface area contributed by atoms with Crippen LogP contribution in [0.4, 0.5) is 17.6 Å². The van der Waals surface area contributed by atoms with Gasteiger partial charge in [-0.2, -0.15) is 9.65 Å². The molecule has 0 aliphatic heterocycles. The number of hydrogen-bond acceptors (Lipinski definition) is 2. The van der Waals surface area contributed by atoms with E-state index in [0.717, 1.165) is 0 Å². The van der Waals surface area contributed by atoms with Gasteiger partial charge < -0.3 is 0 Å². The molecule has 14 heavy (non-hydrogen) atoms. The molecule has 0 fully saturated rings. The number of alkyl halides is 2. The van der Waals surface area contributed by atoms with Gasteiger partial charge in [0.1, 0.15) is 5.82 Å². The fourth-order valence-electron chi connectivity index (χ4n) is 0.981. The molecule has 0 bridgehead atoms. The molecule has 0 radical (unpaired) electrons. The second kappa shape index (κ2) is 4.05. The zero-order valence-corrected chi connectivity index (χ0v) is 6.77. The third-order valence-electron chi connectivity index (χ3n) is 1.52. The van der Waals surface area contributed by atoms with Crippen molar-refractivity contribution in [3.8, 4) is 6.07 Å². The van der Waals surface area contributed by atoms with Crippen LogP contribution in [0.3, 0.4) is 0 Å². The second-order valence-corrected chi connectivity index (χ2v) is 2.42. The molecule has 1 rings (SSSR count). The fourth-order valence-corrected chi connectivity index (χ4v) is 0.981. The van der Waals surface area contributed by atoms with Crippen LogP contribution >= 0.6 is 0 Å². The molecule has 0 aromatic carbocycles. The molecule has 1 aromatic heterocycles. The molecule has 0 aliphatic rings. The van der Waals surface area contributed by atoms with Gasteiger partial charge in [-0.25, -0.2) is 18.2 Å². The quantitative estimate of drug-likeness (QED) is 0.547. The van der Waals surface area contributed by atoms with E-state index in [-0.39, 0.29) is 6.07 Å². The summed E-state index contributed by atoms with van der Waals surface area (Å²) in [5.74, 6) is -2.59. The number of halogens is 4. The summed E-state index contributed by atoms with van der Waals surface area (Å²) >= 11 is 0. The minimum absolute atomic E-state index is 0.266. The predicted octanol–water partition coefficient (Wildman–Crippen LogP) is 2.36. The van der Waals surface area contributed by atoms with Crippen molar-refractivity contribution in [1.29, 1.82) is 5.26 Å². The Morgan fingerprint density at radius 1 is 1.43 bits per heavy atom. The Bertz CT molecular complexity index is 384. The molecule has 0 amide bonds. The van der Waals surface area contributed by atoms with Crippen LogP contribution < -0.4 is 0 Å². The van der Waals surface area contributed by atoms with E-state index in [4.69, 9.17) is 5.26 Å². The van der Waals surface area contributed by atoms with E-state index in [0.29, 0.717) is 0 Å². The minimum Gasteiger partial charge on any atom is -0.223 e. The van der Waals surface area contributed by atoms with Crippen molar-refractivity contribution in [3.63, 3.8) is 0 Å². The van der Waals surface area contributed by atoms with Gasteiger partial charge in [-0.15, -0.1) is 0 Å². The predicted molar refractivity (Wildman–Crippen MR) is 38.4 cm³/mol. The Kier molecular flexibility index (Phi) is 3.02. The topological polar surface area (TPSA) is 36.7 Å². The molecule has 0 spiro atoms. The lowest BCUT2D eigenvalue weighted by molar-refractivity contribution is 0.144. The van der Waals surface area contributed by atoms with Gasteiger partial charge in [0.05, 0.1) is 23.7 Å². The number of aromatic nitrogens is 1. The van der Waals surface area contributed by atoms with Gasteiger partial charge in [0.15, 0.2) is 0 Å². The summed E-state index contributed by atoms with van der Waals surface area (Å²) in [5.41, 5.74) is -1.56. The summed E-state index contributed by atoms with van der Waals surface area (Å²) in [6.07, 6.45) is -3.65. The van der Waals surface area contributed by atoms with Crippen molar-refractivity contribution in [2.45, 2.75) is 12.8 Å². The lowest BCUT2D eigenvalue weighted by atomic mass is 10.1. The van der Waals surface area contributed by atoms with E-state index in [1.165, 1.54) is 6.07 Å². The molecular formula is C8H4F4N2. The number of hydrogen-bond donors (Lipinski definition) is 0. The van der Waals surface area contributed by atoms with Gasteiger partial charge in [-0.05, 0) is 0 Å². The van der Waals surface area contributed by atoms with Crippen LogP contribution in [-0.2, 0) is 6.42 Å².